The Hall–Kier alpha value is -0.660. The molecule has 0 fully saturated rings. The molecule has 0 aliphatic carbocycles. The van der Waals surface area contributed by atoms with Crippen molar-refractivity contribution in [2.75, 3.05) is 6.61 Å². The summed E-state index contributed by atoms with van der Waals surface area (Å²) in [4.78, 5) is 5.21. The number of aromatic nitrogens is 1. The standard InChI is InChI=1S/C11H17F3N2OS/c1-10(2,3)9-7(4-15)18-8(16-9)5-17-6-11(12,13)14/h4-6,15H2,1-3H3. The molecular weight excluding hydrogens is 265 g/mol. The van der Waals surface area contributed by atoms with Crippen LogP contribution in [-0.2, 0) is 23.3 Å². The second-order valence-corrected chi connectivity index (χ2v) is 6.11. The van der Waals surface area contributed by atoms with E-state index in [4.69, 9.17) is 5.73 Å². The number of nitrogens with two attached hydrogens (primary N) is 1. The third-order valence-corrected chi connectivity index (χ3v) is 3.18. The molecule has 0 aliphatic heterocycles. The fraction of sp³-hybridized carbons (Fsp3) is 0.727. The first kappa shape index (κ1) is 15.4. The molecule has 0 unspecified atom stereocenters. The topological polar surface area (TPSA) is 48.1 Å². The van der Waals surface area contributed by atoms with E-state index in [0.29, 0.717) is 11.6 Å². The molecule has 1 aromatic rings. The highest BCUT2D eigenvalue weighted by Gasteiger charge is 2.28. The average molecular weight is 282 g/mol. The van der Waals surface area contributed by atoms with Gasteiger partial charge in [-0.1, -0.05) is 20.8 Å². The maximum atomic E-state index is 11.9. The molecule has 2 N–H and O–H groups in total. The molecule has 1 rings (SSSR count). The van der Waals surface area contributed by atoms with Gasteiger partial charge in [0.2, 0.25) is 0 Å². The number of hydrogen-bond donors (Lipinski definition) is 1. The predicted octanol–water partition coefficient (Wildman–Crippen LogP) is 2.98. The fourth-order valence-corrected chi connectivity index (χ4v) is 2.54. The lowest BCUT2D eigenvalue weighted by Crippen LogP contribution is -2.17. The molecule has 0 spiro atoms. The Balaban J connectivity index is 2.71. The van der Waals surface area contributed by atoms with E-state index >= 15 is 0 Å². The Labute approximate surface area is 108 Å². The lowest BCUT2D eigenvalue weighted by molar-refractivity contribution is -0.176. The van der Waals surface area contributed by atoms with Gasteiger partial charge in [-0.3, -0.25) is 0 Å². The van der Waals surface area contributed by atoms with Crippen LogP contribution in [0.2, 0.25) is 0 Å². The highest BCUT2D eigenvalue weighted by Crippen LogP contribution is 2.29. The van der Waals surface area contributed by atoms with E-state index in [9.17, 15) is 13.2 Å². The van der Waals surface area contributed by atoms with Crippen molar-refractivity contribution in [1.82, 2.24) is 4.98 Å². The number of alkyl halides is 3. The molecule has 0 saturated heterocycles. The zero-order valence-electron chi connectivity index (χ0n) is 10.6. The van der Waals surface area contributed by atoms with E-state index < -0.39 is 12.8 Å². The largest absolute Gasteiger partial charge is 0.411 e. The van der Waals surface area contributed by atoms with Gasteiger partial charge in [0.25, 0.3) is 0 Å². The van der Waals surface area contributed by atoms with Gasteiger partial charge < -0.3 is 10.5 Å². The molecule has 7 heteroatoms. The van der Waals surface area contributed by atoms with E-state index in [0.717, 1.165) is 10.6 Å². The Bertz CT molecular complexity index is 396. The highest BCUT2D eigenvalue weighted by molar-refractivity contribution is 7.11. The lowest BCUT2D eigenvalue weighted by Gasteiger charge is -2.16. The molecule has 0 saturated carbocycles. The minimum atomic E-state index is -4.30. The monoisotopic (exact) mass is 282 g/mol. The summed E-state index contributed by atoms with van der Waals surface area (Å²) >= 11 is 1.31. The van der Waals surface area contributed by atoms with Gasteiger partial charge in [-0.25, -0.2) is 4.98 Å². The molecule has 0 bridgehead atoms. The van der Waals surface area contributed by atoms with Crippen LogP contribution in [0.4, 0.5) is 13.2 Å². The Morgan fingerprint density at radius 1 is 1.28 bits per heavy atom. The van der Waals surface area contributed by atoms with Crippen LogP contribution in [0.15, 0.2) is 0 Å². The number of hydrogen-bond acceptors (Lipinski definition) is 4. The molecule has 0 amide bonds. The maximum Gasteiger partial charge on any atom is 0.411 e. The van der Waals surface area contributed by atoms with Gasteiger partial charge in [-0.15, -0.1) is 11.3 Å². The Morgan fingerprint density at radius 2 is 1.89 bits per heavy atom. The van der Waals surface area contributed by atoms with Crippen molar-refractivity contribution < 1.29 is 17.9 Å². The van der Waals surface area contributed by atoms with E-state index in [1.807, 2.05) is 20.8 Å². The number of ether oxygens (including phenoxy) is 1. The van der Waals surface area contributed by atoms with E-state index in [-0.39, 0.29) is 12.0 Å². The van der Waals surface area contributed by atoms with E-state index in [1.165, 1.54) is 11.3 Å². The van der Waals surface area contributed by atoms with Crippen LogP contribution in [0.3, 0.4) is 0 Å². The minimum Gasteiger partial charge on any atom is -0.365 e. The zero-order valence-corrected chi connectivity index (χ0v) is 11.4. The van der Waals surface area contributed by atoms with Crippen LogP contribution in [0.25, 0.3) is 0 Å². The number of halogens is 3. The van der Waals surface area contributed by atoms with Crippen molar-refractivity contribution in [2.45, 2.75) is 45.5 Å². The quantitative estimate of drug-likeness (QED) is 0.923. The van der Waals surface area contributed by atoms with E-state index in [1.54, 1.807) is 0 Å². The molecule has 3 nitrogen and oxygen atoms in total. The summed E-state index contributed by atoms with van der Waals surface area (Å²) < 4.78 is 40.4. The number of rotatable bonds is 4. The third-order valence-electron chi connectivity index (χ3n) is 2.13. The molecule has 0 aromatic carbocycles. The normalized spacial score (nSPS) is 13.1. The molecule has 0 aliphatic rings. The first-order valence-electron chi connectivity index (χ1n) is 5.47. The molecule has 104 valence electrons. The lowest BCUT2D eigenvalue weighted by atomic mass is 9.91. The SMILES string of the molecule is CC(C)(C)c1nc(COCC(F)(F)F)sc1CN. The van der Waals surface area contributed by atoms with Crippen molar-refractivity contribution in [3.63, 3.8) is 0 Å². The molecule has 0 radical (unpaired) electrons. The van der Waals surface area contributed by atoms with Crippen LogP contribution in [-0.4, -0.2) is 17.8 Å². The number of thiazole rings is 1. The summed E-state index contributed by atoms with van der Waals surface area (Å²) in [5.74, 6) is 0. The molecule has 0 atom stereocenters. The summed E-state index contributed by atoms with van der Waals surface area (Å²) in [5.41, 5.74) is 6.27. The van der Waals surface area contributed by atoms with Gasteiger partial charge in [0.1, 0.15) is 11.6 Å². The summed E-state index contributed by atoms with van der Waals surface area (Å²) in [6, 6.07) is 0. The van der Waals surface area contributed by atoms with Crippen LogP contribution < -0.4 is 5.73 Å². The third kappa shape index (κ3) is 4.55. The van der Waals surface area contributed by atoms with Gasteiger partial charge in [-0.05, 0) is 0 Å². The number of nitrogens with zero attached hydrogens (tertiary/aromatic N) is 1. The summed E-state index contributed by atoms with van der Waals surface area (Å²) in [6.07, 6.45) is -4.30. The summed E-state index contributed by atoms with van der Waals surface area (Å²) in [6.45, 7) is 4.91. The molecule has 1 aromatic heterocycles. The van der Waals surface area contributed by atoms with Crippen LogP contribution in [0.1, 0.15) is 36.3 Å². The van der Waals surface area contributed by atoms with Gasteiger partial charge >= 0.3 is 6.18 Å². The maximum absolute atomic E-state index is 11.9. The van der Waals surface area contributed by atoms with Gasteiger partial charge in [-0.2, -0.15) is 13.2 Å². The molecule has 1 heterocycles. The van der Waals surface area contributed by atoms with Gasteiger partial charge in [0.05, 0.1) is 12.3 Å². The van der Waals surface area contributed by atoms with Gasteiger partial charge in [0, 0.05) is 16.8 Å². The Morgan fingerprint density at radius 3 is 2.28 bits per heavy atom. The van der Waals surface area contributed by atoms with Crippen LogP contribution in [0.5, 0.6) is 0 Å². The van der Waals surface area contributed by atoms with Gasteiger partial charge in [0.15, 0.2) is 0 Å². The van der Waals surface area contributed by atoms with Crippen molar-refractivity contribution in [1.29, 1.82) is 0 Å². The second-order valence-electron chi connectivity index (χ2n) is 4.94. The van der Waals surface area contributed by atoms with E-state index in [2.05, 4.69) is 9.72 Å². The first-order chi connectivity index (χ1) is 8.13. The zero-order chi connectivity index (χ0) is 14.0. The summed E-state index contributed by atoms with van der Waals surface area (Å²) in [7, 11) is 0. The van der Waals surface area contributed by atoms with Crippen LogP contribution >= 0.6 is 11.3 Å². The predicted molar refractivity (Wildman–Crippen MR) is 64.4 cm³/mol. The van der Waals surface area contributed by atoms with Crippen LogP contribution in [0, 0.1) is 0 Å². The first-order valence-corrected chi connectivity index (χ1v) is 6.29. The van der Waals surface area contributed by atoms with Crippen molar-refractivity contribution in [2.24, 2.45) is 5.73 Å². The highest BCUT2D eigenvalue weighted by atomic mass is 32.1. The van der Waals surface area contributed by atoms with Crippen molar-refractivity contribution >= 4 is 11.3 Å². The smallest absolute Gasteiger partial charge is 0.365 e. The van der Waals surface area contributed by atoms with Crippen molar-refractivity contribution in [3.8, 4) is 0 Å². The summed E-state index contributed by atoms with van der Waals surface area (Å²) in [5, 5.41) is 0.532. The fourth-order valence-electron chi connectivity index (χ4n) is 1.44. The second kappa shape index (κ2) is 5.54. The van der Waals surface area contributed by atoms with Crippen molar-refractivity contribution in [3.05, 3.63) is 15.6 Å². The average Bonchev–Trinajstić information content (AvgIpc) is 2.58. The molecular formula is C11H17F3N2OS. The minimum absolute atomic E-state index is 0.132. The molecule has 18 heavy (non-hydrogen) atoms. The Kier molecular flexibility index (Phi) is 4.74.